The summed E-state index contributed by atoms with van der Waals surface area (Å²) < 4.78 is 21.0. The summed E-state index contributed by atoms with van der Waals surface area (Å²) in [6, 6.07) is 0. The van der Waals surface area contributed by atoms with Gasteiger partial charge < -0.3 is 14.6 Å². The summed E-state index contributed by atoms with van der Waals surface area (Å²) in [5.41, 5.74) is 7.93. The summed E-state index contributed by atoms with van der Waals surface area (Å²) in [5.74, 6) is 3.33. The molecular weight excluding hydrogens is 283 g/mol. The standard InChI is InChI=1S/C12H17N2O5P/c1-4-5-6-7-8-10(15)9-11(16)12(14-13)20(17,18-2)19-3/h4-6,9H2,1-3H3. The van der Waals surface area contributed by atoms with Gasteiger partial charge in [0.1, 0.15) is 0 Å². The number of carbonyl (C=O) groups is 2. The maximum atomic E-state index is 11.9. The number of nitrogens with zero attached hydrogens (tertiary/aromatic N) is 2. The lowest BCUT2D eigenvalue weighted by atomic mass is 10.2. The molecule has 0 N–H and O–H groups in total. The Hall–Kier alpha value is -1.57. The number of unbranched alkanes of at least 4 members (excludes halogenated alkanes) is 2. The Labute approximate surface area is 117 Å². The van der Waals surface area contributed by atoms with Gasteiger partial charge in [-0.05, 0) is 12.3 Å². The molecule has 0 fully saturated rings. The number of ketones is 2. The van der Waals surface area contributed by atoms with E-state index in [4.69, 9.17) is 5.53 Å². The highest BCUT2D eigenvalue weighted by Crippen LogP contribution is 2.47. The zero-order valence-corrected chi connectivity index (χ0v) is 12.6. The first-order chi connectivity index (χ1) is 9.45. The molecule has 110 valence electrons. The van der Waals surface area contributed by atoms with Crippen LogP contribution in [-0.4, -0.2) is 36.0 Å². The first-order valence-electron chi connectivity index (χ1n) is 5.94. The smallest absolute Gasteiger partial charge is 0.360 e. The fraction of sp³-hybridized carbons (Fsp3) is 0.583. The van der Waals surface area contributed by atoms with Gasteiger partial charge in [0.05, 0.1) is 6.42 Å². The van der Waals surface area contributed by atoms with Gasteiger partial charge in [-0.2, -0.15) is 4.79 Å². The van der Waals surface area contributed by atoms with Gasteiger partial charge in [0.15, 0.2) is 0 Å². The second-order valence-electron chi connectivity index (χ2n) is 3.71. The molecule has 0 aliphatic rings. The molecule has 0 radical (unpaired) electrons. The second-order valence-corrected chi connectivity index (χ2v) is 5.86. The van der Waals surface area contributed by atoms with Gasteiger partial charge in [-0.1, -0.05) is 19.3 Å². The third-order valence-corrected chi connectivity index (χ3v) is 4.11. The molecule has 8 heteroatoms. The summed E-state index contributed by atoms with van der Waals surface area (Å²) in [6.45, 7) is 1.99. The molecule has 0 aliphatic heterocycles. The fourth-order valence-electron chi connectivity index (χ4n) is 1.21. The summed E-state index contributed by atoms with van der Waals surface area (Å²) >= 11 is 0. The Balaban J connectivity index is 4.82. The first kappa shape index (κ1) is 18.4. The van der Waals surface area contributed by atoms with E-state index in [-0.39, 0.29) is 0 Å². The topological polar surface area (TPSA) is 106 Å². The molecule has 0 bridgehead atoms. The van der Waals surface area contributed by atoms with E-state index in [0.29, 0.717) is 6.42 Å². The summed E-state index contributed by atoms with van der Waals surface area (Å²) in [7, 11) is -1.92. The fourth-order valence-corrected chi connectivity index (χ4v) is 2.20. The van der Waals surface area contributed by atoms with Crippen molar-refractivity contribution in [2.75, 3.05) is 14.2 Å². The molecule has 0 aromatic heterocycles. The van der Waals surface area contributed by atoms with Gasteiger partial charge >= 0.3 is 13.0 Å². The van der Waals surface area contributed by atoms with E-state index < -0.39 is 31.0 Å². The number of rotatable bonds is 8. The maximum Gasteiger partial charge on any atom is 0.446 e. The van der Waals surface area contributed by atoms with Gasteiger partial charge in [-0.25, -0.2) is 4.57 Å². The number of hydrogen-bond donors (Lipinski definition) is 0. The molecule has 0 amide bonds. The minimum atomic E-state index is -3.99. The van der Waals surface area contributed by atoms with Crippen LogP contribution in [0.5, 0.6) is 0 Å². The molecule has 0 aromatic rings. The van der Waals surface area contributed by atoms with Crippen molar-refractivity contribution in [3.05, 3.63) is 5.53 Å². The molecule has 7 nitrogen and oxygen atoms in total. The minimum Gasteiger partial charge on any atom is -0.360 e. The average molecular weight is 300 g/mol. The molecular formula is C12H17N2O5P. The maximum absolute atomic E-state index is 11.9. The molecule has 0 aromatic carbocycles. The molecule has 0 saturated heterocycles. The van der Waals surface area contributed by atoms with Crippen molar-refractivity contribution in [2.24, 2.45) is 0 Å². The minimum absolute atomic E-state index is 0.562. The van der Waals surface area contributed by atoms with Gasteiger partial charge in [0, 0.05) is 20.6 Å². The molecule has 0 aliphatic carbocycles. The van der Waals surface area contributed by atoms with Gasteiger partial charge in [0.25, 0.3) is 5.78 Å². The van der Waals surface area contributed by atoms with Gasteiger partial charge in [-0.15, -0.1) is 0 Å². The van der Waals surface area contributed by atoms with Crippen LogP contribution in [0.1, 0.15) is 32.6 Å². The van der Waals surface area contributed by atoms with Crippen molar-refractivity contribution < 1.29 is 28.0 Å². The lowest BCUT2D eigenvalue weighted by Gasteiger charge is -2.06. The average Bonchev–Trinajstić information content (AvgIpc) is 2.44. The lowest BCUT2D eigenvalue weighted by Crippen LogP contribution is -2.20. The Bertz CT molecular complexity index is 518. The van der Waals surface area contributed by atoms with E-state index in [9.17, 15) is 14.2 Å². The SMILES string of the molecule is CCCCC#CC(=O)CC(=O)C(=[N+]=[N-])P(=O)(OC)OC. The van der Waals surface area contributed by atoms with Crippen molar-refractivity contribution in [2.45, 2.75) is 32.6 Å². The van der Waals surface area contributed by atoms with Crippen LogP contribution < -0.4 is 0 Å². The van der Waals surface area contributed by atoms with Crippen LogP contribution in [0.3, 0.4) is 0 Å². The van der Waals surface area contributed by atoms with Crippen LogP contribution in [0.15, 0.2) is 0 Å². The van der Waals surface area contributed by atoms with Crippen molar-refractivity contribution in [1.29, 1.82) is 0 Å². The van der Waals surface area contributed by atoms with Crippen molar-refractivity contribution >= 4 is 24.6 Å². The molecule has 0 rings (SSSR count). The monoisotopic (exact) mass is 300 g/mol. The predicted octanol–water partition coefficient (Wildman–Crippen LogP) is 1.82. The summed E-state index contributed by atoms with van der Waals surface area (Å²) in [6.07, 6.45) is 1.73. The van der Waals surface area contributed by atoms with E-state index in [1.807, 2.05) is 6.92 Å². The van der Waals surface area contributed by atoms with E-state index in [1.165, 1.54) is 0 Å². The quantitative estimate of drug-likeness (QED) is 0.0993. The molecule has 20 heavy (non-hydrogen) atoms. The van der Waals surface area contributed by atoms with E-state index in [1.54, 1.807) is 0 Å². The number of Topliss-reactive ketones (excluding diaryl/α,β-unsaturated/α-hetero) is 2. The van der Waals surface area contributed by atoms with Crippen LogP contribution in [0, 0.1) is 11.8 Å². The Morgan fingerprint density at radius 3 is 2.35 bits per heavy atom. The van der Waals surface area contributed by atoms with Crippen molar-refractivity contribution in [1.82, 2.24) is 0 Å². The number of carbonyl (C=O) groups excluding carboxylic acids is 2. The lowest BCUT2D eigenvalue weighted by molar-refractivity contribution is -0.122. The summed E-state index contributed by atoms with van der Waals surface area (Å²) in [4.78, 5) is 25.8. The van der Waals surface area contributed by atoms with Crippen LogP contribution in [0.4, 0.5) is 0 Å². The van der Waals surface area contributed by atoms with Gasteiger partial charge in [-0.3, -0.25) is 9.59 Å². The molecule has 0 heterocycles. The number of hydrogen-bond acceptors (Lipinski definition) is 5. The zero-order chi connectivity index (χ0) is 15.6. The highest BCUT2D eigenvalue weighted by molar-refractivity contribution is 7.74. The van der Waals surface area contributed by atoms with Crippen LogP contribution >= 0.6 is 7.60 Å². The highest BCUT2D eigenvalue weighted by atomic mass is 31.2. The normalized spacial score (nSPS) is 10.2. The second kappa shape index (κ2) is 9.35. The summed E-state index contributed by atoms with van der Waals surface area (Å²) in [5, 5.41) is 0. The Morgan fingerprint density at radius 2 is 1.90 bits per heavy atom. The first-order valence-corrected chi connectivity index (χ1v) is 7.48. The van der Waals surface area contributed by atoms with E-state index >= 15 is 0 Å². The van der Waals surface area contributed by atoms with Crippen molar-refractivity contribution in [3.8, 4) is 11.8 Å². The largest absolute Gasteiger partial charge is 0.446 e. The third-order valence-electron chi connectivity index (χ3n) is 2.29. The van der Waals surface area contributed by atoms with Crippen LogP contribution in [0.2, 0.25) is 0 Å². The predicted molar refractivity (Wildman–Crippen MR) is 72.2 cm³/mol. The molecule has 0 spiro atoms. The zero-order valence-electron chi connectivity index (χ0n) is 11.7. The molecule has 0 unspecified atom stereocenters. The van der Waals surface area contributed by atoms with Gasteiger partial charge in [0.2, 0.25) is 5.78 Å². The van der Waals surface area contributed by atoms with Crippen LogP contribution in [0.25, 0.3) is 5.53 Å². The van der Waals surface area contributed by atoms with E-state index in [0.717, 1.165) is 27.1 Å². The molecule has 0 atom stereocenters. The Kier molecular flexibility index (Phi) is 8.62. The van der Waals surface area contributed by atoms with Crippen molar-refractivity contribution in [3.63, 3.8) is 0 Å². The Morgan fingerprint density at radius 1 is 1.30 bits per heavy atom. The van der Waals surface area contributed by atoms with E-state index in [2.05, 4.69) is 25.7 Å². The van der Waals surface area contributed by atoms with Crippen LogP contribution in [-0.2, 0) is 23.2 Å². The highest BCUT2D eigenvalue weighted by Gasteiger charge is 2.44. The molecule has 0 saturated carbocycles. The third kappa shape index (κ3) is 5.60.